The van der Waals surface area contributed by atoms with Crippen LogP contribution in [0.25, 0.3) is 0 Å². The van der Waals surface area contributed by atoms with E-state index in [0.717, 1.165) is 6.42 Å². The van der Waals surface area contributed by atoms with E-state index in [9.17, 15) is 14.4 Å². The minimum Gasteiger partial charge on any atom is -0.377 e. The van der Waals surface area contributed by atoms with Crippen LogP contribution in [0.4, 0.5) is 0 Å². The van der Waals surface area contributed by atoms with E-state index in [-0.39, 0.29) is 36.2 Å². The number of Topliss-reactive ketones (excluding diaryl/α,β-unsaturated/α-hetero) is 1. The summed E-state index contributed by atoms with van der Waals surface area (Å²) in [4.78, 5) is 37.1. The van der Waals surface area contributed by atoms with Gasteiger partial charge in [0.1, 0.15) is 6.61 Å². The topological polar surface area (TPSA) is 84.9 Å². The number of nitrogens with one attached hydrogen (secondary N) is 1. The number of hydrogen-bond acceptors (Lipinski definition) is 5. The number of amides is 2. The summed E-state index contributed by atoms with van der Waals surface area (Å²) < 4.78 is 10.5. The normalized spacial score (nSPS) is 20.0. The Kier molecular flexibility index (Phi) is 10.4. The molecule has 0 aromatic rings. The lowest BCUT2D eigenvalue weighted by molar-refractivity contribution is -0.133. The van der Waals surface area contributed by atoms with Gasteiger partial charge in [-0.1, -0.05) is 20.8 Å². The van der Waals surface area contributed by atoms with E-state index in [4.69, 9.17) is 9.47 Å². The predicted molar refractivity (Wildman–Crippen MR) is 98.7 cm³/mol. The molecule has 1 fully saturated rings. The molecule has 1 aliphatic heterocycles. The predicted octanol–water partition coefficient (Wildman–Crippen LogP) is 1.40. The molecule has 26 heavy (non-hydrogen) atoms. The Labute approximate surface area is 156 Å². The zero-order valence-corrected chi connectivity index (χ0v) is 16.6. The van der Waals surface area contributed by atoms with Crippen LogP contribution in [-0.4, -0.2) is 68.1 Å². The molecule has 7 nitrogen and oxygen atoms in total. The summed E-state index contributed by atoms with van der Waals surface area (Å²) in [5.41, 5.74) is 0. The van der Waals surface area contributed by atoms with E-state index < -0.39 is 0 Å². The largest absolute Gasteiger partial charge is 0.377 e. The fraction of sp³-hybridized carbons (Fsp3) is 0.842. The minimum absolute atomic E-state index is 0.0720. The Morgan fingerprint density at radius 3 is 2.54 bits per heavy atom. The molecule has 1 heterocycles. The quantitative estimate of drug-likeness (QED) is 0.495. The zero-order chi connectivity index (χ0) is 19.5. The number of hydrogen-bond donors (Lipinski definition) is 1. The third-order valence-corrected chi connectivity index (χ3v) is 4.71. The van der Waals surface area contributed by atoms with Gasteiger partial charge in [0.25, 0.3) is 0 Å². The van der Waals surface area contributed by atoms with Crippen LogP contribution in [0.3, 0.4) is 0 Å². The first kappa shape index (κ1) is 22.6. The van der Waals surface area contributed by atoms with Gasteiger partial charge in [0.15, 0.2) is 5.78 Å². The maximum absolute atomic E-state index is 12.4. The van der Waals surface area contributed by atoms with Crippen LogP contribution in [0, 0.1) is 11.8 Å². The van der Waals surface area contributed by atoms with Gasteiger partial charge in [-0.15, -0.1) is 0 Å². The second kappa shape index (κ2) is 12.0. The summed E-state index contributed by atoms with van der Waals surface area (Å²) in [6, 6.07) is 0.200. The third-order valence-electron chi connectivity index (χ3n) is 4.71. The lowest BCUT2D eigenvalue weighted by atomic mass is 9.93. The van der Waals surface area contributed by atoms with Crippen molar-refractivity contribution in [2.75, 3.05) is 39.5 Å². The van der Waals surface area contributed by atoms with Gasteiger partial charge in [0, 0.05) is 37.9 Å². The van der Waals surface area contributed by atoms with Gasteiger partial charge in [-0.3, -0.25) is 14.4 Å². The number of carbonyl (C=O) groups is 3. The van der Waals surface area contributed by atoms with Gasteiger partial charge < -0.3 is 19.7 Å². The highest BCUT2D eigenvalue weighted by Crippen LogP contribution is 2.29. The summed E-state index contributed by atoms with van der Waals surface area (Å²) in [6.45, 7) is 10.1. The molecule has 0 spiro atoms. The standard InChI is InChI=1S/C19H34N2O5/c1-5-16(22)13-26-11-10-25-9-7-20-18(23)6-8-21-15(4)12-17(14(2)3)19(21)24/h14-15,17H,5-13H2,1-4H3,(H,20,23). The van der Waals surface area contributed by atoms with Gasteiger partial charge in [-0.2, -0.15) is 0 Å². The molecule has 7 heteroatoms. The Morgan fingerprint density at radius 2 is 1.92 bits per heavy atom. The van der Waals surface area contributed by atoms with Crippen molar-refractivity contribution in [2.24, 2.45) is 11.8 Å². The minimum atomic E-state index is -0.0774. The first-order chi connectivity index (χ1) is 12.4. The molecular weight excluding hydrogens is 336 g/mol. The molecule has 0 aliphatic carbocycles. The second-order valence-electron chi connectivity index (χ2n) is 7.12. The monoisotopic (exact) mass is 370 g/mol. The molecule has 1 aliphatic rings. The van der Waals surface area contributed by atoms with Gasteiger partial charge in [0.05, 0.1) is 19.8 Å². The molecule has 0 bridgehead atoms. The summed E-state index contributed by atoms with van der Waals surface area (Å²) >= 11 is 0. The van der Waals surface area contributed by atoms with Crippen molar-refractivity contribution in [1.82, 2.24) is 10.2 Å². The van der Waals surface area contributed by atoms with Crippen molar-refractivity contribution in [3.8, 4) is 0 Å². The van der Waals surface area contributed by atoms with E-state index in [1.54, 1.807) is 6.92 Å². The summed E-state index contributed by atoms with van der Waals surface area (Å²) in [6.07, 6.45) is 1.66. The zero-order valence-electron chi connectivity index (χ0n) is 16.6. The van der Waals surface area contributed by atoms with Crippen LogP contribution < -0.4 is 5.32 Å². The molecule has 1 rings (SSSR count). The number of ether oxygens (including phenoxy) is 2. The Bertz CT molecular complexity index is 467. The van der Waals surface area contributed by atoms with Crippen molar-refractivity contribution in [1.29, 1.82) is 0 Å². The van der Waals surface area contributed by atoms with E-state index in [0.29, 0.717) is 51.7 Å². The molecule has 0 aromatic carbocycles. The highest BCUT2D eigenvalue weighted by molar-refractivity contribution is 5.83. The number of carbonyl (C=O) groups excluding carboxylic acids is 3. The molecule has 1 saturated heterocycles. The van der Waals surface area contributed by atoms with Crippen LogP contribution in [0.2, 0.25) is 0 Å². The van der Waals surface area contributed by atoms with Crippen molar-refractivity contribution in [3.05, 3.63) is 0 Å². The fourth-order valence-electron chi connectivity index (χ4n) is 2.99. The number of rotatable bonds is 13. The number of nitrogens with zero attached hydrogens (tertiary/aromatic N) is 1. The molecule has 150 valence electrons. The van der Waals surface area contributed by atoms with Gasteiger partial charge in [0.2, 0.25) is 11.8 Å². The molecular formula is C19H34N2O5. The highest BCUT2D eigenvalue weighted by Gasteiger charge is 2.38. The first-order valence-electron chi connectivity index (χ1n) is 9.61. The van der Waals surface area contributed by atoms with Crippen LogP contribution in [0.15, 0.2) is 0 Å². The summed E-state index contributed by atoms with van der Waals surface area (Å²) in [7, 11) is 0. The molecule has 0 aromatic heterocycles. The Hall–Kier alpha value is -1.47. The second-order valence-corrected chi connectivity index (χ2v) is 7.12. The van der Waals surface area contributed by atoms with Gasteiger partial charge >= 0.3 is 0 Å². The fourth-order valence-corrected chi connectivity index (χ4v) is 2.99. The number of ketones is 1. The van der Waals surface area contributed by atoms with Gasteiger partial charge in [-0.05, 0) is 19.3 Å². The molecule has 2 amide bonds. The summed E-state index contributed by atoms with van der Waals surface area (Å²) in [5, 5.41) is 2.79. The van der Waals surface area contributed by atoms with Crippen molar-refractivity contribution >= 4 is 17.6 Å². The maximum Gasteiger partial charge on any atom is 0.226 e. The summed E-state index contributed by atoms with van der Waals surface area (Å²) in [5.74, 6) is 0.584. The highest BCUT2D eigenvalue weighted by atomic mass is 16.5. The molecule has 0 saturated carbocycles. The van der Waals surface area contributed by atoms with Crippen LogP contribution >= 0.6 is 0 Å². The van der Waals surface area contributed by atoms with E-state index in [1.165, 1.54) is 0 Å². The maximum atomic E-state index is 12.4. The molecule has 1 N–H and O–H groups in total. The number of likely N-dealkylation sites (tertiary alicyclic amines) is 1. The average molecular weight is 370 g/mol. The van der Waals surface area contributed by atoms with E-state index >= 15 is 0 Å². The Balaban J connectivity index is 2.07. The SMILES string of the molecule is CCC(=O)COCCOCCNC(=O)CCN1C(=O)C(C(C)C)CC1C. The lowest BCUT2D eigenvalue weighted by Crippen LogP contribution is -2.37. The van der Waals surface area contributed by atoms with E-state index in [2.05, 4.69) is 19.2 Å². The Morgan fingerprint density at radius 1 is 1.23 bits per heavy atom. The first-order valence-corrected chi connectivity index (χ1v) is 9.61. The lowest BCUT2D eigenvalue weighted by Gasteiger charge is -2.21. The van der Waals surface area contributed by atoms with Crippen LogP contribution in [0.5, 0.6) is 0 Å². The van der Waals surface area contributed by atoms with E-state index in [1.807, 2.05) is 11.8 Å². The average Bonchev–Trinajstić information content (AvgIpc) is 2.89. The van der Waals surface area contributed by atoms with Crippen molar-refractivity contribution < 1.29 is 23.9 Å². The molecule has 2 atom stereocenters. The van der Waals surface area contributed by atoms with Crippen LogP contribution in [0.1, 0.15) is 47.0 Å². The molecule has 2 unspecified atom stereocenters. The third kappa shape index (κ3) is 7.83. The van der Waals surface area contributed by atoms with Crippen molar-refractivity contribution in [2.45, 2.75) is 53.0 Å². The van der Waals surface area contributed by atoms with Crippen molar-refractivity contribution in [3.63, 3.8) is 0 Å². The smallest absolute Gasteiger partial charge is 0.226 e. The van der Waals surface area contributed by atoms with Gasteiger partial charge in [-0.25, -0.2) is 0 Å². The van der Waals surface area contributed by atoms with Crippen LogP contribution in [-0.2, 0) is 23.9 Å². The molecule has 0 radical (unpaired) electrons.